The van der Waals surface area contributed by atoms with E-state index in [0.29, 0.717) is 18.7 Å². The van der Waals surface area contributed by atoms with E-state index in [9.17, 15) is 4.79 Å². The van der Waals surface area contributed by atoms with Crippen molar-refractivity contribution in [2.75, 3.05) is 7.11 Å². The summed E-state index contributed by atoms with van der Waals surface area (Å²) in [5.41, 5.74) is 3.66. The molecule has 1 heterocycles. The van der Waals surface area contributed by atoms with Crippen molar-refractivity contribution in [3.8, 4) is 11.5 Å². The molecule has 0 bridgehead atoms. The summed E-state index contributed by atoms with van der Waals surface area (Å²) in [6, 6.07) is 14.8. The zero-order valence-corrected chi connectivity index (χ0v) is 15.7. The van der Waals surface area contributed by atoms with Gasteiger partial charge in [-0.3, -0.25) is 9.48 Å². The Hall–Kier alpha value is -3.28. The van der Waals surface area contributed by atoms with Crippen LogP contribution in [-0.2, 0) is 20.2 Å². The summed E-state index contributed by atoms with van der Waals surface area (Å²) in [5.74, 6) is 1.45. The molecule has 0 atom stereocenters. The molecular weight excluding hydrogens is 342 g/mol. The minimum Gasteiger partial charge on any atom is -0.497 e. The lowest BCUT2D eigenvalue weighted by molar-refractivity contribution is 0.0951. The summed E-state index contributed by atoms with van der Waals surface area (Å²) in [6.45, 7) is 2.87. The van der Waals surface area contributed by atoms with Crippen LogP contribution < -0.4 is 14.8 Å². The van der Waals surface area contributed by atoms with Crippen molar-refractivity contribution >= 4 is 5.91 Å². The SMILES string of the molecule is COc1ccc(OCc2ccc(C(=O)NCc3cnn(C)c3C)cc2)cc1. The van der Waals surface area contributed by atoms with Gasteiger partial charge >= 0.3 is 0 Å². The van der Waals surface area contributed by atoms with Crippen LogP contribution in [0.5, 0.6) is 11.5 Å². The average Bonchev–Trinajstić information content (AvgIpc) is 3.03. The van der Waals surface area contributed by atoms with E-state index in [4.69, 9.17) is 9.47 Å². The number of methoxy groups -OCH3 is 1. The summed E-state index contributed by atoms with van der Waals surface area (Å²) in [4.78, 5) is 12.3. The number of nitrogens with zero attached hydrogens (tertiary/aromatic N) is 2. The second-order valence-electron chi connectivity index (χ2n) is 6.22. The molecule has 2 aromatic carbocycles. The Labute approximate surface area is 158 Å². The van der Waals surface area contributed by atoms with Crippen LogP contribution in [0.25, 0.3) is 0 Å². The van der Waals surface area contributed by atoms with Crippen molar-refractivity contribution in [3.63, 3.8) is 0 Å². The molecule has 0 aliphatic rings. The molecule has 1 amide bonds. The lowest BCUT2D eigenvalue weighted by atomic mass is 10.1. The summed E-state index contributed by atoms with van der Waals surface area (Å²) >= 11 is 0. The zero-order chi connectivity index (χ0) is 19.2. The topological polar surface area (TPSA) is 65.4 Å². The van der Waals surface area contributed by atoms with Gasteiger partial charge in [0, 0.05) is 30.4 Å². The van der Waals surface area contributed by atoms with E-state index in [0.717, 1.165) is 28.3 Å². The van der Waals surface area contributed by atoms with Crippen molar-refractivity contribution in [1.82, 2.24) is 15.1 Å². The Balaban J connectivity index is 1.52. The second-order valence-corrected chi connectivity index (χ2v) is 6.22. The van der Waals surface area contributed by atoms with Crippen LogP contribution in [0.15, 0.2) is 54.7 Å². The number of hydrogen-bond acceptors (Lipinski definition) is 4. The number of amides is 1. The van der Waals surface area contributed by atoms with E-state index < -0.39 is 0 Å². The largest absolute Gasteiger partial charge is 0.497 e. The molecule has 6 nitrogen and oxygen atoms in total. The van der Waals surface area contributed by atoms with Crippen LogP contribution in [0.3, 0.4) is 0 Å². The maximum absolute atomic E-state index is 12.3. The fourth-order valence-corrected chi connectivity index (χ4v) is 2.59. The third-order valence-corrected chi connectivity index (χ3v) is 4.46. The molecule has 27 heavy (non-hydrogen) atoms. The number of hydrogen-bond donors (Lipinski definition) is 1. The number of benzene rings is 2. The Morgan fingerprint density at radius 3 is 2.33 bits per heavy atom. The molecule has 0 unspecified atom stereocenters. The van der Waals surface area contributed by atoms with Crippen LogP contribution in [-0.4, -0.2) is 22.8 Å². The third kappa shape index (κ3) is 4.67. The average molecular weight is 365 g/mol. The number of carbonyl (C=O) groups excluding carboxylic acids is 1. The Bertz CT molecular complexity index is 899. The number of aromatic nitrogens is 2. The molecule has 0 fully saturated rings. The summed E-state index contributed by atoms with van der Waals surface area (Å²) < 4.78 is 12.7. The van der Waals surface area contributed by atoms with Gasteiger partial charge in [-0.05, 0) is 48.9 Å². The Morgan fingerprint density at radius 2 is 1.74 bits per heavy atom. The number of rotatable bonds is 7. The maximum Gasteiger partial charge on any atom is 0.251 e. The Kier molecular flexibility index (Phi) is 5.76. The van der Waals surface area contributed by atoms with Crippen LogP contribution in [0.1, 0.15) is 27.2 Å². The van der Waals surface area contributed by atoms with Gasteiger partial charge in [-0.1, -0.05) is 12.1 Å². The van der Waals surface area contributed by atoms with Crippen molar-refractivity contribution in [2.24, 2.45) is 7.05 Å². The summed E-state index contributed by atoms with van der Waals surface area (Å²) in [6.07, 6.45) is 1.77. The van der Waals surface area contributed by atoms with Crippen LogP contribution in [0.2, 0.25) is 0 Å². The minimum atomic E-state index is -0.110. The highest BCUT2D eigenvalue weighted by Crippen LogP contribution is 2.18. The lowest BCUT2D eigenvalue weighted by Crippen LogP contribution is -2.23. The standard InChI is InChI=1S/C21H23N3O3/c1-15-18(13-23-24(15)2)12-22-21(25)17-6-4-16(5-7-17)14-27-20-10-8-19(26-3)9-11-20/h4-11,13H,12,14H2,1-3H3,(H,22,25). The van der Waals surface area contributed by atoms with E-state index in [1.54, 1.807) is 30.1 Å². The predicted molar refractivity (Wildman–Crippen MR) is 103 cm³/mol. The molecule has 0 aliphatic heterocycles. The molecule has 0 spiro atoms. The monoisotopic (exact) mass is 365 g/mol. The van der Waals surface area contributed by atoms with Gasteiger partial charge in [0.15, 0.2) is 0 Å². The quantitative estimate of drug-likeness (QED) is 0.698. The lowest BCUT2D eigenvalue weighted by Gasteiger charge is -2.08. The highest BCUT2D eigenvalue weighted by atomic mass is 16.5. The number of ether oxygens (including phenoxy) is 2. The van der Waals surface area contributed by atoms with Gasteiger partial charge in [0.25, 0.3) is 5.91 Å². The van der Waals surface area contributed by atoms with Crippen LogP contribution in [0, 0.1) is 6.92 Å². The fraction of sp³-hybridized carbons (Fsp3) is 0.238. The first-order chi connectivity index (χ1) is 13.1. The second kappa shape index (κ2) is 8.40. The van der Waals surface area contributed by atoms with Gasteiger partial charge in [-0.25, -0.2) is 0 Å². The number of aryl methyl sites for hydroxylation is 1. The molecule has 0 saturated heterocycles. The molecule has 0 aliphatic carbocycles. The van der Waals surface area contributed by atoms with Gasteiger partial charge in [-0.2, -0.15) is 5.10 Å². The predicted octanol–water partition coefficient (Wildman–Crippen LogP) is 3.25. The van der Waals surface area contributed by atoms with Gasteiger partial charge in [0.05, 0.1) is 13.3 Å². The number of nitrogens with one attached hydrogen (secondary N) is 1. The fourth-order valence-electron chi connectivity index (χ4n) is 2.59. The van der Waals surface area contributed by atoms with Gasteiger partial charge in [0.1, 0.15) is 18.1 Å². The molecule has 0 radical (unpaired) electrons. The van der Waals surface area contributed by atoms with Crippen molar-refractivity contribution in [1.29, 1.82) is 0 Å². The van der Waals surface area contributed by atoms with Gasteiger partial charge in [0.2, 0.25) is 0 Å². The van der Waals surface area contributed by atoms with E-state index in [1.165, 1.54) is 0 Å². The van der Waals surface area contributed by atoms with E-state index in [1.807, 2.05) is 50.4 Å². The van der Waals surface area contributed by atoms with E-state index in [-0.39, 0.29) is 5.91 Å². The highest BCUT2D eigenvalue weighted by Gasteiger charge is 2.08. The maximum atomic E-state index is 12.3. The number of carbonyl (C=O) groups is 1. The van der Waals surface area contributed by atoms with Crippen molar-refractivity contribution in [3.05, 3.63) is 77.1 Å². The van der Waals surface area contributed by atoms with E-state index in [2.05, 4.69) is 10.4 Å². The molecule has 140 valence electrons. The molecule has 1 aromatic heterocycles. The highest BCUT2D eigenvalue weighted by molar-refractivity contribution is 5.94. The smallest absolute Gasteiger partial charge is 0.251 e. The summed E-state index contributed by atoms with van der Waals surface area (Å²) in [5, 5.41) is 7.10. The Morgan fingerprint density at radius 1 is 1.07 bits per heavy atom. The van der Waals surface area contributed by atoms with Crippen LogP contribution >= 0.6 is 0 Å². The molecule has 3 rings (SSSR count). The molecular formula is C21H23N3O3. The first kappa shape index (κ1) is 18.5. The minimum absolute atomic E-state index is 0.110. The molecule has 6 heteroatoms. The first-order valence-corrected chi connectivity index (χ1v) is 8.68. The first-order valence-electron chi connectivity index (χ1n) is 8.68. The van der Waals surface area contributed by atoms with Gasteiger partial charge < -0.3 is 14.8 Å². The molecule has 1 N–H and O–H groups in total. The van der Waals surface area contributed by atoms with Crippen molar-refractivity contribution in [2.45, 2.75) is 20.1 Å². The molecule has 3 aromatic rings. The summed E-state index contributed by atoms with van der Waals surface area (Å²) in [7, 11) is 3.51. The van der Waals surface area contributed by atoms with Crippen molar-refractivity contribution < 1.29 is 14.3 Å². The van der Waals surface area contributed by atoms with E-state index >= 15 is 0 Å². The normalized spacial score (nSPS) is 10.5. The van der Waals surface area contributed by atoms with Crippen LogP contribution in [0.4, 0.5) is 0 Å². The third-order valence-electron chi connectivity index (χ3n) is 4.46. The zero-order valence-electron chi connectivity index (χ0n) is 15.7. The van der Waals surface area contributed by atoms with Gasteiger partial charge in [-0.15, -0.1) is 0 Å². The molecule has 0 saturated carbocycles.